The maximum atomic E-state index is 11.6. The van der Waals surface area contributed by atoms with Gasteiger partial charge in [0.25, 0.3) is 0 Å². The highest BCUT2D eigenvalue weighted by atomic mass is 35.5. The summed E-state index contributed by atoms with van der Waals surface area (Å²) in [5.74, 6) is 0.805. The third-order valence-electron chi connectivity index (χ3n) is 5.46. The van der Waals surface area contributed by atoms with Crippen molar-refractivity contribution < 1.29 is 23.7 Å². The zero-order chi connectivity index (χ0) is 22.7. The van der Waals surface area contributed by atoms with Gasteiger partial charge in [-0.25, -0.2) is 4.79 Å². The lowest BCUT2D eigenvalue weighted by atomic mass is 9.98. The molecule has 0 radical (unpaired) electrons. The van der Waals surface area contributed by atoms with Crippen LogP contribution in [0.15, 0.2) is 66.9 Å². The third kappa shape index (κ3) is 4.11. The van der Waals surface area contributed by atoms with E-state index in [4.69, 9.17) is 30.5 Å². The fourth-order valence-electron chi connectivity index (χ4n) is 4.03. The van der Waals surface area contributed by atoms with Gasteiger partial charge in [0, 0.05) is 28.4 Å². The van der Waals surface area contributed by atoms with Gasteiger partial charge in [-0.05, 0) is 42.8 Å². The van der Waals surface area contributed by atoms with Crippen molar-refractivity contribution >= 4 is 17.6 Å². The molecule has 0 spiro atoms. The van der Waals surface area contributed by atoms with E-state index in [-0.39, 0.29) is 6.10 Å². The van der Waals surface area contributed by atoms with Gasteiger partial charge in [0.15, 0.2) is 11.5 Å². The maximum Gasteiger partial charge on any atom is 0.330 e. The number of halogens is 1. The van der Waals surface area contributed by atoms with Crippen molar-refractivity contribution in [3.8, 4) is 17.2 Å². The number of hydrogen-bond donors (Lipinski definition) is 0. The maximum absolute atomic E-state index is 11.6. The van der Waals surface area contributed by atoms with E-state index in [1.54, 1.807) is 20.3 Å². The van der Waals surface area contributed by atoms with Crippen LogP contribution < -0.4 is 9.47 Å². The lowest BCUT2D eigenvalue weighted by Crippen LogP contribution is -2.11. The summed E-state index contributed by atoms with van der Waals surface area (Å²) < 4.78 is 24.7. The van der Waals surface area contributed by atoms with Crippen molar-refractivity contribution in [2.45, 2.75) is 18.6 Å². The van der Waals surface area contributed by atoms with Crippen LogP contribution in [0, 0.1) is 0 Å². The molecule has 7 heteroatoms. The minimum atomic E-state index is -0.481. The molecule has 0 saturated heterocycles. The Balaban J connectivity index is 1.87. The van der Waals surface area contributed by atoms with Crippen LogP contribution in [-0.4, -0.2) is 31.9 Å². The zero-order valence-electron chi connectivity index (χ0n) is 18.1. The summed E-state index contributed by atoms with van der Waals surface area (Å²) in [5.41, 5.74) is 3.65. The van der Waals surface area contributed by atoms with Gasteiger partial charge in [0.05, 0.1) is 32.7 Å². The molecular formula is C25H24ClNO5. The van der Waals surface area contributed by atoms with Crippen molar-refractivity contribution in [1.29, 1.82) is 0 Å². The minimum absolute atomic E-state index is 0.335. The SMILES string of the molecule is COC(=O)C=CC[C@H]1O[C@H](c2cccc(OC)c2OC)c2cc(Cl)ccc2-n2cccc21. The Morgan fingerprint density at radius 3 is 2.69 bits per heavy atom. The molecule has 2 aromatic carbocycles. The van der Waals surface area contributed by atoms with Crippen LogP contribution in [0.2, 0.25) is 5.02 Å². The minimum Gasteiger partial charge on any atom is -0.493 e. The average Bonchev–Trinajstić information content (AvgIpc) is 3.25. The molecule has 1 aromatic heterocycles. The van der Waals surface area contributed by atoms with Crippen molar-refractivity contribution in [3.05, 3.63) is 88.7 Å². The molecule has 2 atom stereocenters. The number of carbonyl (C=O) groups is 1. The molecule has 0 aliphatic carbocycles. The van der Waals surface area contributed by atoms with E-state index in [9.17, 15) is 4.79 Å². The number of hydrogen-bond acceptors (Lipinski definition) is 5. The monoisotopic (exact) mass is 453 g/mol. The van der Waals surface area contributed by atoms with Crippen LogP contribution in [0.4, 0.5) is 0 Å². The lowest BCUT2D eigenvalue weighted by molar-refractivity contribution is -0.134. The van der Waals surface area contributed by atoms with Crippen LogP contribution in [0.25, 0.3) is 5.69 Å². The van der Waals surface area contributed by atoms with Crippen LogP contribution >= 0.6 is 11.6 Å². The zero-order valence-corrected chi connectivity index (χ0v) is 18.8. The quantitative estimate of drug-likeness (QED) is 0.368. The number of aromatic nitrogens is 1. The largest absolute Gasteiger partial charge is 0.493 e. The number of rotatable bonds is 6. The van der Waals surface area contributed by atoms with Crippen molar-refractivity contribution in [1.82, 2.24) is 4.57 Å². The van der Waals surface area contributed by atoms with Crippen LogP contribution in [0.5, 0.6) is 11.5 Å². The predicted octanol–water partition coefficient (Wildman–Crippen LogP) is 5.43. The van der Waals surface area contributed by atoms with E-state index in [0.717, 1.165) is 22.5 Å². The van der Waals surface area contributed by atoms with Gasteiger partial charge < -0.3 is 23.5 Å². The van der Waals surface area contributed by atoms with Crippen LogP contribution in [0.1, 0.15) is 35.4 Å². The second-order valence-corrected chi connectivity index (χ2v) is 7.69. The van der Waals surface area contributed by atoms with Crippen LogP contribution in [-0.2, 0) is 14.3 Å². The molecule has 0 amide bonds. The second kappa shape index (κ2) is 9.51. The normalized spacial score (nSPS) is 17.4. The van der Waals surface area contributed by atoms with E-state index in [2.05, 4.69) is 4.57 Å². The molecule has 3 aromatic rings. The van der Waals surface area contributed by atoms with Gasteiger partial charge in [-0.1, -0.05) is 29.8 Å². The summed E-state index contributed by atoms with van der Waals surface area (Å²) >= 11 is 6.40. The Morgan fingerprint density at radius 2 is 1.94 bits per heavy atom. The fourth-order valence-corrected chi connectivity index (χ4v) is 4.21. The Bertz CT molecular complexity index is 1150. The summed E-state index contributed by atoms with van der Waals surface area (Å²) in [6.45, 7) is 0. The third-order valence-corrected chi connectivity index (χ3v) is 5.70. The number of carbonyl (C=O) groups excluding carboxylic acids is 1. The lowest BCUT2D eigenvalue weighted by Gasteiger charge is -2.25. The van der Waals surface area contributed by atoms with E-state index >= 15 is 0 Å². The summed E-state index contributed by atoms with van der Waals surface area (Å²) in [4.78, 5) is 11.6. The Hall–Kier alpha value is -3.22. The van der Waals surface area contributed by atoms with Crippen LogP contribution in [0.3, 0.4) is 0 Å². The standard InChI is InChI=1S/C25H24ClNO5/c1-29-22-10-4-7-17(25(22)31-3)24-18-15-16(26)12-13-19(18)27-14-6-8-20(27)21(32-24)9-5-11-23(28)30-2/h4-8,10-15,21,24H,9H2,1-3H3/t21-,24-/m1/s1. The van der Waals surface area contributed by atoms with Gasteiger partial charge in [-0.15, -0.1) is 0 Å². The predicted molar refractivity (Wildman–Crippen MR) is 122 cm³/mol. The second-order valence-electron chi connectivity index (χ2n) is 7.25. The topological polar surface area (TPSA) is 58.9 Å². The Labute approximate surface area is 191 Å². The number of para-hydroxylation sites is 1. The summed E-state index contributed by atoms with van der Waals surface area (Å²) in [5, 5.41) is 0.608. The molecule has 0 unspecified atom stereocenters. The number of esters is 1. The first-order valence-corrected chi connectivity index (χ1v) is 10.5. The molecule has 166 valence electrons. The van der Waals surface area contributed by atoms with Crippen molar-refractivity contribution in [2.75, 3.05) is 21.3 Å². The first-order chi connectivity index (χ1) is 15.6. The highest BCUT2D eigenvalue weighted by Crippen LogP contribution is 2.46. The van der Waals surface area contributed by atoms with Crippen molar-refractivity contribution in [3.63, 3.8) is 0 Å². The molecular weight excluding hydrogens is 430 g/mol. The molecule has 4 rings (SSSR count). The number of methoxy groups -OCH3 is 3. The first kappa shape index (κ1) is 22.0. The summed E-state index contributed by atoms with van der Waals surface area (Å²) in [6, 6.07) is 15.5. The molecule has 0 fully saturated rings. The molecule has 6 nitrogen and oxygen atoms in total. The smallest absolute Gasteiger partial charge is 0.330 e. The van der Waals surface area contributed by atoms with Crippen molar-refractivity contribution in [2.24, 2.45) is 0 Å². The molecule has 2 heterocycles. The molecule has 0 saturated carbocycles. The molecule has 0 bridgehead atoms. The molecule has 1 aliphatic heterocycles. The van der Waals surface area contributed by atoms with Gasteiger partial charge in [0.2, 0.25) is 0 Å². The highest BCUT2D eigenvalue weighted by molar-refractivity contribution is 6.30. The Kier molecular flexibility index (Phi) is 6.53. The molecule has 0 N–H and O–H groups in total. The van der Waals surface area contributed by atoms with Gasteiger partial charge in [-0.3, -0.25) is 0 Å². The molecule has 32 heavy (non-hydrogen) atoms. The summed E-state index contributed by atoms with van der Waals surface area (Å²) in [6.07, 6.45) is 4.82. The number of ether oxygens (including phenoxy) is 4. The average molecular weight is 454 g/mol. The van der Waals surface area contributed by atoms with Gasteiger partial charge in [-0.2, -0.15) is 0 Å². The van der Waals surface area contributed by atoms with E-state index < -0.39 is 12.1 Å². The number of nitrogens with zero attached hydrogens (tertiary/aromatic N) is 1. The van der Waals surface area contributed by atoms with Gasteiger partial charge >= 0.3 is 5.97 Å². The van der Waals surface area contributed by atoms with E-state index in [0.29, 0.717) is 22.9 Å². The number of benzene rings is 2. The van der Waals surface area contributed by atoms with Gasteiger partial charge in [0.1, 0.15) is 12.2 Å². The Morgan fingerprint density at radius 1 is 1.09 bits per heavy atom. The number of fused-ring (bicyclic) bond motifs is 3. The highest BCUT2D eigenvalue weighted by Gasteiger charge is 2.32. The fraction of sp³-hybridized carbons (Fsp3) is 0.240. The first-order valence-electron chi connectivity index (χ1n) is 10.1. The van der Waals surface area contributed by atoms with E-state index in [1.165, 1.54) is 13.2 Å². The molecule has 1 aliphatic rings. The summed E-state index contributed by atoms with van der Waals surface area (Å²) in [7, 11) is 4.56. The van der Waals surface area contributed by atoms with E-state index in [1.807, 2.05) is 54.7 Å².